The van der Waals surface area contributed by atoms with E-state index in [1.807, 2.05) is 51.5 Å². The first kappa shape index (κ1) is 10.6. The van der Waals surface area contributed by atoms with Gasteiger partial charge >= 0.3 is 0 Å². The summed E-state index contributed by atoms with van der Waals surface area (Å²) in [5, 5.41) is 5.90. The van der Waals surface area contributed by atoms with Crippen molar-refractivity contribution in [2.45, 2.75) is 6.92 Å². The summed E-state index contributed by atoms with van der Waals surface area (Å²) in [6.07, 6.45) is 1.82. The standard InChI is InChI=1S/C11H16N2O/c1-4-14-11-7-5-10(6-8-11)9-12-13(2)3/h5-9H,4H2,1-3H3. The van der Waals surface area contributed by atoms with Crippen molar-refractivity contribution in [3.8, 4) is 5.75 Å². The molecule has 0 aliphatic heterocycles. The Labute approximate surface area is 85.0 Å². The van der Waals surface area contributed by atoms with E-state index >= 15 is 0 Å². The van der Waals surface area contributed by atoms with E-state index in [0.29, 0.717) is 6.61 Å². The molecule has 0 saturated carbocycles. The highest BCUT2D eigenvalue weighted by atomic mass is 16.5. The van der Waals surface area contributed by atoms with E-state index in [0.717, 1.165) is 11.3 Å². The topological polar surface area (TPSA) is 24.8 Å². The number of hydrogen-bond acceptors (Lipinski definition) is 3. The zero-order valence-electron chi connectivity index (χ0n) is 8.90. The number of nitrogens with zero attached hydrogens (tertiary/aromatic N) is 2. The van der Waals surface area contributed by atoms with Gasteiger partial charge in [-0.3, -0.25) is 0 Å². The third-order valence-corrected chi connectivity index (χ3v) is 1.63. The highest BCUT2D eigenvalue weighted by Crippen LogP contribution is 2.10. The van der Waals surface area contributed by atoms with Crippen molar-refractivity contribution in [2.75, 3.05) is 20.7 Å². The molecule has 3 nitrogen and oxygen atoms in total. The van der Waals surface area contributed by atoms with Crippen LogP contribution < -0.4 is 4.74 Å². The van der Waals surface area contributed by atoms with Gasteiger partial charge in [-0.15, -0.1) is 0 Å². The first-order valence-corrected chi connectivity index (χ1v) is 4.66. The van der Waals surface area contributed by atoms with E-state index < -0.39 is 0 Å². The van der Waals surface area contributed by atoms with Crippen LogP contribution in [0, 0.1) is 0 Å². The van der Waals surface area contributed by atoms with Gasteiger partial charge in [-0.1, -0.05) is 0 Å². The molecule has 76 valence electrons. The fraction of sp³-hybridized carbons (Fsp3) is 0.364. The molecule has 0 aromatic heterocycles. The Hall–Kier alpha value is -1.51. The van der Waals surface area contributed by atoms with Gasteiger partial charge in [0.25, 0.3) is 0 Å². The third-order valence-electron chi connectivity index (χ3n) is 1.63. The van der Waals surface area contributed by atoms with E-state index in [2.05, 4.69) is 5.10 Å². The summed E-state index contributed by atoms with van der Waals surface area (Å²) < 4.78 is 5.33. The Morgan fingerprint density at radius 2 is 1.93 bits per heavy atom. The van der Waals surface area contributed by atoms with Crippen molar-refractivity contribution in [3.05, 3.63) is 29.8 Å². The van der Waals surface area contributed by atoms with Gasteiger partial charge in [0.05, 0.1) is 12.8 Å². The first-order chi connectivity index (χ1) is 6.72. The maximum absolute atomic E-state index is 5.33. The first-order valence-electron chi connectivity index (χ1n) is 4.66. The number of hydrogen-bond donors (Lipinski definition) is 0. The Morgan fingerprint density at radius 1 is 1.29 bits per heavy atom. The monoisotopic (exact) mass is 192 g/mol. The summed E-state index contributed by atoms with van der Waals surface area (Å²) in [5.41, 5.74) is 1.07. The van der Waals surface area contributed by atoms with Crippen molar-refractivity contribution in [3.63, 3.8) is 0 Å². The minimum absolute atomic E-state index is 0.700. The van der Waals surface area contributed by atoms with Crippen LogP contribution in [0.15, 0.2) is 29.4 Å². The smallest absolute Gasteiger partial charge is 0.119 e. The molecule has 0 heterocycles. The number of hydrazone groups is 1. The molecule has 0 amide bonds. The van der Waals surface area contributed by atoms with Gasteiger partial charge < -0.3 is 9.75 Å². The lowest BCUT2D eigenvalue weighted by atomic mass is 10.2. The molecule has 0 saturated heterocycles. The van der Waals surface area contributed by atoms with Crippen LogP contribution in [-0.4, -0.2) is 31.9 Å². The van der Waals surface area contributed by atoms with Crippen LogP contribution in [0.3, 0.4) is 0 Å². The molecule has 1 rings (SSSR count). The normalized spacial score (nSPS) is 10.5. The number of ether oxygens (including phenoxy) is 1. The number of rotatable bonds is 4. The summed E-state index contributed by atoms with van der Waals surface area (Å²) in [4.78, 5) is 0. The summed E-state index contributed by atoms with van der Waals surface area (Å²) >= 11 is 0. The fourth-order valence-electron chi connectivity index (χ4n) is 0.999. The van der Waals surface area contributed by atoms with E-state index in [9.17, 15) is 0 Å². The van der Waals surface area contributed by atoms with Crippen LogP contribution in [0.25, 0.3) is 0 Å². The van der Waals surface area contributed by atoms with E-state index in [1.165, 1.54) is 0 Å². The molecule has 0 N–H and O–H groups in total. The van der Waals surface area contributed by atoms with Crippen LogP contribution >= 0.6 is 0 Å². The van der Waals surface area contributed by atoms with Crippen LogP contribution in [0.5, 0.6) is 5.75 Å². The molecule has 0 fully saturated rings. The maximum Gasteiger partial charge on any atom is 0.119 e. The molecule has 1 aromatic rings. The van der Waals surface area contributed by atoms with Crippen molar-refractivity contribution < 1.29 is 4.74 Å². The highest BCUT2D eigenvalue weighted by molar-refractivity contribution is 5.79. The second kappa shape index (κ2) is 5.27. The minimum atomic E-state index is 0.700. The molecule has 0 atom stereocenters. The molecule has 0 aliphatic rings. The van der Waals surface area contributed by atoms with Gasteiger partial charge in [0.1, 0.15) is 5.75 Å². The number of benzene rings is 1. The molecule has 14 heavy (non-hydrogen) atoms. The molecule has 0 radical (unpaired) electrons. The second-order valence-corrected chi connectivity index (χ2v) is 3.09. The lowest BCUT2D eigenvalue weighted by Crippen LogP contribution is -2.01. The summed E-state index contributed by atoms with van der Waals surface area (Å²) in [6.45, 7) is 2.67. The predicted octanol–water partition coefficient (Wildman–Crippen LogP) is 1.98. The average Bonchev–Trinajstić information content (AvgIpc) is 2.17. The van der Waals surface area contributed by atoms with Crippen molar-refractivity contribution in [1.82, 2.24) is 5.01 Å². The lowest BCUT2D eigenvalue weighted by molar-refractivity contribution is 0.340. The SMILES string of the molecule is CCOc1ccc(C=NN(C)C)cc1. The van der Waals surface area contributed by atoms with Gasteiger partial charge in [0.2, 0.25) is 0 Å². The molecule has 0 bridgehead atoms. The fourth-order valence-corrected chi connectivity index (χ4v) is 0.999. The zero-order chi connectivity index (χ0) is 10.4. The van der Waals surface area contributed by atoms with Crippen molar-refractivity contribution >= 4 is 6.21 Å². The Kier molecular flexibility index (Phi) is 3.98. The Balaban J connectivity index is 2.64. The largest absolute Gasteiger partial charge is 0.494 e. The molecule has 3 heteroatoms. The summed E-state index contributed by atoms with van der Waals surface area (Å²) in [5.74, 6) is 0.898. The Bertz CT molecular complexity index is 291. The van der Waals surface area contributed by atoms with Gasteiger partial charge in [-0.25, -0.2) is 0 Å². The molecule has 1 aromatic carbocycles. The van der Waals surface area contributed by atoms with Crippen LogP contribution in [0.1, 0.15) is 12.5 Å². The minimum Gasteiger partial charge on any atom is -0.494 e. The van der Waals surface area contributed by atoms with Crippen LogP contribution in [0.4, 0.5) is 0 Å². The van der Waals surface area contributed by atoms with Gasteiger partial charge in [-0.2, -0.15) is 5.10 Å². The van der Waals surface area contributed by atoms with Crippen molar-refractivity contribution in [1.29, 1.82) is 0 Å². The third kappa shape index (κ3) is 3.47. The zero-order valence-corrected chi connectivity index (χ0v) is 8.90. The van der Waals surface area contributed by atoms with Gasteiger partial charge in [0.15, 0.2) is 0 Å². The summed E-state index contributed by atoms with van der Waals surface area (Å²) in [7, 11) is 3.79. The summed E-state index contributed by atoms with van der Waals surface area (Å²) in [6, 6.07) is 7.86. The second-order valence-electron chi connectivity index (χ2n) is 3.09. The van der Waals surface area contributed by atoms with Gasteiger partial charge in [0, 0.05) is 14.1 Å². The lowest BCUT2D eigenvalue weighted by Gasteiger charge is -2.04. The Morgan fingerprint density at radius 3 is 2.43 bits per heavy atom. The van der Waals surface area contributed by atoms with E-state index in [-0.39, 0.29) is 0 Å². The van der Waals surface area contributed by atoms with Crippen LogP contribution in [-0.2, 0) is 0 Å². The van der Waals surface area contributed by atoms with Crippen molar-refractivity contribution in [2.24, 2.45) is 5.10 Å². The quantitative estimate of drug-likeness (QED) is 0.538. The molecular formula is C11H16N2O. The molecule has 0 unspecified atom stereocenters. The van der Waals surface area contributed by atoms with E-state index in [1.54, 1.807) is 5.01 Å². The molecule has 0 spiro atoms. The highest BCUT2D eigenvalue weighted by Gasteiger charge is 1.91. The molecular weight excluding hydrogens is 176 g/mol. The predicted molar refractivity (Wildman–Crippen MR) is 58.9 cm³/mol. The molecule has 0 aliphatic carbocycles. The van der Waals surface area contributed by atoms with E-state index in [4.69, 9.17) is 4.74 Å². The maximum atomic E-state index is 5.33. The van der Waals surface area contributed by atoms with Gasteiger partial charge in [-0.05, 0) is 36.8 Å². The average molecular weight is 192 g/mol. The van der Waals surface area contributed by atoms with Crippen LogP contribution in [0.2, 0.25) is 0 Å².